The minimum absolute atomic E-state index is 0.0663. The van der Waals surface area contributed by atoms with Crippen LogP contribution >= 0.6 is 21.4 Å². The summed E-state index contributed by atoms with van der Waals surface area (Å²) in [6.45, 7) is 1.20. The lowest BCUT2D eigenvalue weighted by Crippen LogP contribution is -1.98. The van der Waals surface area contributed by atoms with Gasteiger partial charge < -0.3 is 9.47 Å². The number of hydrogen-bond acceptors (Lipinski definition) is 6. The van der Waals surface area contributed by atoms with Gasteiger partial charge in [-0.1, -0.05) is 38.5 Å². The van der Waals surface area contributed by atoms with Gasteiger partial charge >= 0.3 is 0 Å². The molecule has 0 aliphatic heterocycles. The van der Waals surface area contributed by atoms with Crippen LogP contribution in [0.25, 0.3) is 0 Å². The molecule has 0 spiro atoms. The fraction of sp³-hybridized carbons (Fsp3) is 0.455. The summed E-state index contributed by atoms with van der Waals surface area (Å²) in [5, 5.41) is 0. The van der Waals surface area contributed by atoms with Crippen LogP contribution in [0, 0.1) is 0 Å². The fourth-order valence-electron chi connectivity index (χ4n) is 3.04. The zero-order valence-electron chi connectivity index (χ0n) is 17.7. The minimum atomic E-state index is -3.70. The van der Waals surface area contributed by atoms with E-state index in [2.05, 4.69) is 0 Å². The molecular formula is C22H28Cl2O6S2. The molecule has 2 aromatic rings. The summed E-state index contributed by atoms with van der Waals surface area (Å²) >= 11 is 0. The smallest absolute Gasteiger partial charge is 0.261 e. The monoisotopic (exact) mass is 522 g/mol. The van der Waals surface area contributed by atoms with E-state index in [0.717, 1.165) is 38.5 Å². The Kier molecular flexibility index (Phi) is 11.1. The SMILES string of the molecule is O=S(=O)(Cl)c1ccc(OCCCCCCCCCCOc2ccc(S(=O)(=O)Cl)cc2)cc1. The molecule has 10 heteroatoms. The normalized spacial score (nSPS) is 11.9. The average molecular weight is 524 g/mol. The highest BCUT2D eigenvalue weighted by molar-refractivity contribution is 8.14. The summed E-state index contributed by atoms with van der Waals surface area (Å²) in [6, 6.07) is 12.2. The van der Waals surface area contributed by atoms with E-state index in [0.29, 0.717) is 24.7 Å². The maximum atomic E-state index is 11.2. The van der Waals surface area contributed by atoms with E-state index in [9.17, 15) is 16.8 Å². The largest absolute Gasteiger partial charge is 0.494 e. The van der Waals surface area contributed by atoms with Crippen LogP contribution in [0.2, 0.25) is 0 Å². The lowest BCUT2D eigenvalue weighted by atomic mass is 10.1. The lowest BCUT2D eigenvalue weighted by Gasteiger charge is -2.07. The quantitative estimate of drug-likeness (QED) is 0.207. The van der Waals surface area contributed by atoms with E-state index in [4.69, 9.17) is 30.8 Å². The topological polar surface area (TPSA) is 86.7 Å². The summed E-state index contributed by atoms with van der Waals surface area (Å²) < 4.78 is 56.0. The maximum absolute atomic E-state index is 11.2. The van der Waals surface area contributed by atoms with Gasteiger partial charge in [-0.2, -0.15) is 0 Å². The molecule has 0 aliphatic rings. The van der Waals surface area contributed by atoms with Crippen LogP contribution in [0.15, 0.2) is 58.3 Å². The zero-order chi connectivity index (χ0) is 23.5. The van der Waals surface area contributed by atoms with Gasteiger partial charge in [-0.15, -0.1) is 0 Å². The van der Waals surface area contributed by atoms with Gasteiger partial charge in [0.2, 0.25) is 0 Å². The Bertz CT molecular complexity index is 936. The highest BCUT2D eigenvalue weighted by Crippen LogP contribution is 2.20. The molecule has 0 saturated heterocycles. The molecule has 0 heterocycles. The molecule has 0 amide bonds. The van der Waals surface area contributed by atoms with Gasteiger partial charge in [-0.25, -0.2) is 16.8 Å². The molecule has 0 aromatic heterocycles. The molecule has 0 aliphatic carbocycles. The van der Waals surface area contributed by atoms with Gasteiger partial charge in [0.25, 0.3) is 18.1 Å². The van der Waals surface area contributed by atoms with Gasteiger partial charge in [0.05, 0.1) is 23.0 Å². The summed E-state index contributed by atoms with van der Waals surface area (Å²) in [5.74, 6) is 1.27. The predicted octanol–water partition coefficient (Wildman–Crippen LogP) is 6.12. The first kappa shape index (κ1) is 26.8. The molecule has 2 aromatic carbocycles. The van der Waals surface area contributed by atoms with Crippen molar-refractivity contribution in [3.05, 3.63) is 48.5 Å². The number of unbranched alkanes of at least 4 members (excludes halogenated alkanes) is 7. The van der Waals surface area contributed by atoms with Gasteiger partial charge in [0.15, 0.2) is 0 Å². The van der Waals surface area contributed by atoms with Crippen LogP contribution in [0.4, 0.5) is 0 Å². The van der Waals surface area contributed by atoms with E-state index in [-0.39, 0.29) is 9.79 Å². The van der Waals surface area contributed by atoms with Crippen molar-refractivity contribution in [3.63, 3.8) is 0 Å². The van der Waals surface area contributed by atoms with Crippen LogP contribution in [0.3, 0.4) is 0 Å². The first-order valence-electron chi connectivity index (χ1n) is 10.5. The van der Waals surface area contributed by atoms with Crippen molar-refractivity contribution in [1.29, 1.82) is 0 Å². The van der Waals surface area contributed by atoms with Crippen molar-refractivity contribution in [2.24, 2.45) is 0 Å². The fourth-order valence-corrected chi connectivity index (χ4v) is 4.58. The Morgan fingerprint density at radius 3 is 1.06 bits per heavy atom. The van der Waals surface area contributed by atoms with Crippen LogP contribution in [-0.2, 0) is 18.1 Å². The summed E-state index contributed by atoms with van der Waals surface area (Å²) in [7, 11) is 3.17. The molecule has 32 heavy (non-hydrogen) atoms. The van der Waals surface area contributed by atoms with Crippen LogP contribution in [0.5, 0.6) is 11.5 Å². The minimum Gasteiger partial charge on any atom is -0.494 e. The van der Waals surface area contributed by atoms with E-state index in [1.165, 1.54) is 37.1 Å². The second kappa shape index (κ2) is 13.3. The second-order valence-electron chi connectivity index (χ2n) is 7.34. The van der Waals surface area contributed by atoms with Crippen LogP contribution in [0.1, 0.15) is 51.4 Å². The number of ether oxygens (including phenoxy) is 2. The molecule has 6 nitrogen and oxygen atoms in total. The first-order chi connectivity index (χ1) is 15.2. The molecule has 0 atom stereocenters. The zero-order valence-corrected chi connectivity index (χ0v) is 20.9. The standard InChI is InChI=1S/C22H28Cl2O6S2/c23-31(25,26)21-13-9-19(10-14-21)29-17-7-5-3-1-2-4-6-8-18-30-20-11-15-22(16-12-20)32(24,27)28/h9-16H,1-8,17-18H2. The number of halogens is 2. The summed E-state index contributed by atoms with van der Waals surface area (Å²) in [6.07, 6.45) is 8.74. The Hall–Kier alpha value is -1.48. The van der Waals surface area contributed by atoms with Gasteiger partial charge in [-0.3, -0.25) is 0 Å². The molecule has 0 saturated carbocycles. The third-order valence-electron chi connectivity index (χ3n) is 4.79. The molecule has 0 radical (unpaired) electrons. The second-order valence-corrected chi connectivity index (χ2v) is 12.5. The number of hydrogen-bond donors (Lipinski definition) is 0. The van der Waals surface area contributed by atoms with Gasteiger partial charge in [-0.05, 0) is 61.4 Å². The molecule has 0 bridgehead atoms. The van der Waals surface area contributed by atoms with Gasteiger partial charge in [0.1, 0.15) is 11.5 Å². The average Bonchev–Trinajstić information content (AvgIpc) is 2.74. The Balaban J connectivity index is 1.43. The number of benzene rings is 2. The van der Waals surface area contributed by atoms with Gasteiger partial charge in [0, 0.05) is 21.4 Å². The maximum Gasteiger partial charge on any atom is 0.261 e. The Morgan fingerprint density at radius 2 is 0.781 bits per heavy atom. The molecule has 178 valence electrons. The first-order valence-corrected chi connectivity index (χ1v) is 15.1. The highest BCUT2D eigenvalue weighted by atomic mass is 35.7. The van der Waals surface area contributed by atoms with E-state index >= 15 is 0 Å². The Labute approximate surface area is 199 Å². The molecule has 0 N–H and O–H groups in total. The van der Waals surface area contributed by atoms with E-state index < -0.39 is 18.1 Å². The van der Waals surface area contributed by atoms with Crippen LogP contribution in [-0.4, -0.2) is 30.0 Å². The van der Waals surface area contributed by atoms with Crippen molar-refractivity contribution in [2.45, 2.75) is 61.2 Å². The van der Waals surface area contributed by atoms with Crippen molar-refractivity contribution in [3.8, 4) is 11.5 Å². The van der Waals surface area contributed by atoms with Crippen LogP contribution < -0.4 is 9.47 Å². The summed E-state index contributed by atoms with van der Waals surface area (Å²) in [5.41, 5.74) is 0. The van der Waals surface area contributed by atoms with Crippen molar-refractivity contribution < 1.29 is 26.3 Å². The third-order valence-corrected chi connectivity index (χ3v) is 7.53. The lowest BCUT2D eigenvalue weighted by molar-refractivity contribution is 0.301. The predicted molar refractivity (Wildman–Crippen MR) is 127 cm³/mol. The van der Waals surface area contributed by atoms with Crippen molar-refractivity contribution in [2.75, 3.05) is 13.2 Å². The Morgan fingerprint density at radius 1 is 0.500 bits per heavy atom. The molecule has 2 rings (SSSR count). The molecule has 0 fully saturated rings. The number of rotatable bonds is 15. The van der Waals surface area contributed by atoms with E-state index in [1.807, 2.05) is 0 Å². The third kappa shape index (κ3) is 10.4. The van der Waals surface area contributed by atoms with Crippen molar-refractivity contribution in [1.82, 2.24) is 0 Å². The molecule has 0 unspecified atom stereocenters. The van der Waals surface area contributed by atoms with Crippen molar-refractivity contribution >= 4 is 39.5 Å². The van der Waals surface area contributed by atoms with E-state index in [1.54, 1.807) is 24.3 Å². The highest BCUT2D eigenvalue weighted by Gasteiger charge is 2.10. The molecular weight excluding hydrogens is 495 g/mol. The summed E-state index contributed by atoms with van der Waals surface area (Å²) in [4.78, 5) is 0.133.